The summed E-state index contributed by atoms with van der Waals surface area (Å²) in [5.41, 5.74) is 3.06. The summed E-state index contributed by atoms with van der Waals surface area (Å²) in [5, 5.41) is 19.0. The van der Waals surface area contributed by atoms with Crippen molar-refractivity contribution in [2.24, 2.45) is 7.05 Å². The molecule has 0 spiro atoms. The number of aryl methyl sites for hydroxylation is 2. The largest absolute Gasteiger partial charge is 0.379 e. The molecule has 1 N–H and O–H groups in total. The van der Waals surface area contributed by atoms with E-state index < -0.39 is 0 Å². The number of hydrogen-bond donors (Lipinski definition) is 1. The Labute approximate surface area is 116 Å². The fourth-order valence-corrected chi connectivity index (χ4v) is 1.99. The predicted octanol–water partition coefficient (Wildman–Crippen LogP) is 1.32. The van der Waals surface area contributed by atoms with Gasteiger partial charge >= 0.3 is 0 Å². The minimum atomic E-state index is 0.717. The van der Waals surface area contributed by atoms with Crippen molar-refractivity contribution in [1.29, 1.82) is 0 Å². The van der Waals surface area contributed by atoms with Gasteiger partial charge in [0.15, 0.2) is 5.82 Å². The highest BCUT2D eigenvalue weighted by molar-refractivity contribution is 5.51. The summed E-state index contributed by atoms with van der Waals surface area (Å²) in [5.74, 6) is 0.758. The molecule has 0 bridgehead atoms. The van der Waals surface area contributed by atoms with Gasteiger partial charge < -0.3 is 5.32 Å². The maximum atomic E-state index is 4.14. The van der Waals surface area contributed by atoms with E-state index in [1.165, 1.54) is 0 Å². The topological polar surface area (TPSA) is 73.5 Å². The van der Waals surface area contributed by atoms with Crippen LogP contribution in [0.15, 0.2) is 36.5 Å². The Morgan fingerprint density at radius 2 is 2.15 bits per heavy atom. The van der Waals surface area contributed by atoms with Gasteiger partial charge in [0.25, 0.3) is 0 Å². The van der Waals surface area contributed by atoms with E-state index in [0.717, 1.165) is 22.9 Å². The van der Waals surface area contributed by atoms with Crippen LogP contribution in [-0.4, -0.2) is 30.0 Å². The zero-order valence-electron chi connectivity index (χ0n) is 11.4. The lowest BCUT2D eigenvalue weighted by atomic mass is 10.2. The van der Waals surface area contributed by atoms with Crippen molar-refractivity contribution in [3.8, 4) is 5.69 Å². The second-order valence-corrected chi connectivity index (χ2v) is 4.49. The number of anilines is 1. The Morgan fingerprint density at radius 1 is 1.25 bits per heavy atom. The molecule has 102 valence electrons. The second-order valence-electron chi connectivity index (χ2n) is 4.49. The first-order chi connectivity index (χ1) is 9.74. The van der Waals surface area contributed by atoms with E-state index in [0.29, 0.717) is 6.54 Å². The number of nitrogens with one attached hydrogen (secondary N) is 1. The summed E-state index contributed by atoms with van der Waals surface area (Å²) in [6.07, 6.45) is 1.79. The first-order valence-electron chi connectivity index (χ1n) is 6.30. The van der Waals surface area contributed by atoms with Gasteiger partial charge in [-0.2, -0.15) is 9.78 Å². The van der Waals surface area contributed by atoms with Crippen molar-refractivity contribution >= 4 is 5.69 Å². The molecule has 3 aromatic rings. The van der Waals surface area contributed by atoms with Crippen LogP contribution in [0.4, 0.5) is 5.69 Å². The number of benzene rings is 1. The monoisotopic (exact) mass is 269 g/mol. The van der Waals surface area contributed by atoms with Crippen LogP contribution in [0.3, 0.4) is 0 Å². The van der Waals surface area contributed by atoms with E-state index in [9.17, 15) is 0 Å². The molecule has 20 heavy (non-hydrogen) atoms. The Balaban J connectivity index is 1.78. The van der Waals surface area contributed by atoms with Gasteiger partial charge in [0, 0.05) is 18.9 Å². The maximum Gasteiger partial charge on any atom is 0.153 e. The van der Waals surface area contributed by atoms with Crippen LogP contribution in [0.1, 0.15) is 11.5 Å². The molecular weight excluding hydrogens is 254 g/mol. The van der Waals surface area contributed by atoms with E-state index in [1.54, 1.807) is 10.9 Å². The van der Waals surface area contributed by atoms with Crippen LogP contribution >= 0.6 is 0 Å². The van der Waals surface area contributed by atoms with E-state index in [4.69, 9.17) is 0 Å². The van der Waals surface area contributed by atoms with Crippen LogP contribution < -0.4 is 5.32 Å². The van der Waals surface area contributed by atoms with Crippen molar-refractivity contribution in [2.75, 3.05) is 5.32 Å². The van der Waals surface area contributed by atoms with Gasteiger partial charge in [-0.25, -0.2) is 0 Å². The lowest BCUT2D eigenvalue weighted by molar-refractivity contribution is 0.720. The van der Waals surface area contributed by atoms with Crippen molar-refractivity contribution in [1.82, 2.24) is 30.0 Å². The highest BCUT2D eigenvalue weighted by atomic mass is 15.5. The third kappa shape index (κ3) is 2.37. The quantitative estimate of drug-likeness (QED) is 0.773. The third-order valence-electron chi connectivity index (χ3n) is 3.11. The van der Waals surface area contributed by atoms with Crippen LogP contribution in [0, 0.1) is 6.92 Å². The molecule has 0 aliphatic heterocycles. The Kier molecular flexibility index (Phi) is 3.16. The van der Waals surface area contributed by atoms with Gasteiger partial charge in [0.1, 0.15) is 0 Å². The average Bonchev–Trinajstić information content (AvgIpc) is 3.05. The SMILES string of the molecule is Cc1nnnn1-c1cccc(NCc2ccnn2C)c1. The van der Waals surface area contributed by atoms with Gasteiger partial charge in [-0.05, 0) is 41.6 Å². The molecule has 3 rings (SSSR count). The molecule has 0 amide bonds. The minimum Gasteiger partial charge on any atom is -0.379 e. The number of tetrazole rings is 1. The second kappa shape index (κ2) is 5.12. The Morgan fingerprint density at radius 3 is 2.85 bits per heavy atom. The number of hydrogen-bond acceptors (Lipinski definition) is 5. The molecule has 7 heteroatoms. The van der Waals surface area contributed by atoms with Gasteiger partial charge in [-0.3, -0.25) is 4.68 Å². The highest BCUT2D eigenvalue weighted by Gasteiger charge is 2.04. The molecule has 2 heterocycles. The summed E-state index contributed by atoms with van der Waals surface area (Å²) in [4.78, 5) is 0. The lowest BCUT2D eigenvalue weighted by Crippen LogP contribution is -2.06. The standard InChI is InChI=1S/C13H15N7/c1-10-16-17-18-20(10)12-5-3-4-11(8-12)14-9-13-6-7-15-19(13)2/h3-8,14H,9H2,1-2H3. The van der Waals surface area contributed by atoms with Crippen molar-refractivity contribution in [3.05, 3.63) is 48.0 Å². The summed E-state index contributed by atoms with van der Waals surface area (Å²) in [7, 11) is 1.93. The van der Waals surface area contributed by atoms with Crippen molar-refractivity contribution in [3.63, 3.8) is 0 Å². The molecule has 0 unspecified atom stereocenters. The van der Waals surface area contributed by atoms with Gasteiger partial charge in [0.2, 0.25) is 0 Å². The van der Waals surface area contributed by atoms with Crippen molar-refractivity contribution < 1.29 is 0 Å². The van der Waals surface area contributed by atoms with Crippen LogP contribution in [0.25, 0.3) is 5.69 Å². The number of aromatic nitrogens is 6. The van der Waals surface area contributed by atoms with E-state index >= 15 is 0 Å². The maximum absolute atomic E-state index is 4.14. The Bertz CT molecular complexity index is 713. The summed E-state index contributed by atoms with van der Waals surface area (Å²) < 4.78 is 3.55. The van der Waals surface area contributed by atoms with Crippen LogP contribution in [-0.2, 0) is 13.6 Å². The molecule has 0 saturated carbocycles. The van der Waals surface area contributed by atoms with E-state index in [-0.39, 0.29) is 0 Å². The average molecular weight is 269 g/mol. The molecule has 0 radical (unpaired) electrons. The minimum absolute atomic E-state index is 0.717. The summed E-state index contributed by atoms with van der Waals surface area (Å²) in [6, 6.07) is 9.96. The fraction of sp³-hybridized carbons (Fsp3) is 0.231. The van der Waals surface area contributed by atoms with Crippen LogP contribution in [0.2, 0.25) is 0 Å². The molecule has 0 fully saturated rings. The molecule has 0 saturated heterocycles. The first-order valence-corrected chi connectivity index (χ1v) is 6.30. The Hall–Kier alpha value is -2.70. The van der Waals surface area contributed by atoms with E-state index in [2.05, 4.69) is 25.9 Å². The molecule has 1 aromatic carbocycles. The fourth-order valence-electron chi connectivity index (χ4n) is 1.99. The summed E-state index contributed by atoms with van der Waals surface area (Å²) >= 11 is 0. The number of rotatable bonds is 4. The molecule has 0 aliphatic rings. The van der Waals surface area contributed by atoms with Gasteiger partial charge in [0.05, 0.1) is 17.9 Å². The molecule has 0 atom stereocenters. The smallest absolute Gasteiger partial charge is 0.153 e. The number of nitrogens with zero attached hydrogens (tertiary/aromatic N) is 6. The third-order valence-corrected chi connectivity index (χ3v) is 3.11. The summed E-state index contributed by atoms with van der Waals surface area (Å²) in [6.45, 7) is 2.59. The molecule has 0 aliphatic carbocycles. The van der Waals surface area contributed by atoms with Gasteiger partial charge in [-0.15, -0.1) is 5.10 Å². The first kappa shape index (κ1) is 12.3. The molecule has 2 aromatic heterocycles. The zero-order chi connectivity index (χ0) is 13.9. The van der Waals surface area contributed by atoms with Gasteiger partial charge in [-0.1, -0.05) is 6.07 Å². The zero-order valence-corrected chi connectivity index (χ0v) is 11.4. The molecular formula is C13H15N7. The predicted molar refractivity (Wildman–Crippen MR) is 74.4 cm³/mol. The molecule has 7 nitrogen and oxygen atoms in total. The van der Waals surface area contributed by atoms with E-state index in [1.807, 2.05) is 49.0 Å². The van der Waals surface area contributed by atoms with Crippen molar-refractivity contribution in [2.45, 2.75) is 13.5 Å². The lowest BCUT2D eigenvalue weighted by Gasteiger charge is -2.08. The normalized spacial score (nSPS) is 10.7. The highest BCUT2D eigenvalue weighted by Crippen LogP contribution is 2.15. The van der Waals surface area contributed by atoms with Crippen LogP contribution in [0.5, 0.6) is 0 Å².